The van der Waals surface area contributed by atoms with Crippen molar-refractivity contribution in [3.8, 4) is 11.8 Å². The maximum atomic E-state index is 12.7. The molecule has 5 heteroatoms. The van der Waals surface area contributed by atoms with Crippen LogP contribution in [0.5, 0.6) is 5.75 Å². The van der Waals surface area contributed by atoms with Gasteiger partial charge in [0.1, 0.15) is 5.75 Å². The summed E-state index contributed by atoms with van der Waals surface area (Å²) < 4.78 is 5.23. The van der Waals surface area contributed by atoms with Crippen LogP contribution in [0.3, 0.4) is 0 Å². The smallest absolute Gasteiger partial charge is 0.241 e. The Morgan fingerprint density at radius 2 is 1.92 bits per heavy atom. The van der Waals surface area contributed by atoms with Gasteiger partial charge < -0.3 is 10.1 Å². The highest BCUT2D eigenvalue weighted by molar-refractivity contribution is 5.94. The third-order valence-electron chi connectivity index (χ3n) is 4.95. The van der Waals surface area contributed by atoms with E-state index in [1.165, 1.54) is 5.56 Å². The zero-order chi connectivity index (χ0) is 18.5. The monoisotopic (exact) mass is 349 g/mol. The van der Waals surface area contributed by atoms with Crippen LogP contribution in [-0.4, -0.2) is 30.5 Å². The number of hydrogen-bond acceptors (Lipinski definition) is 4. The van der Waals surface area contributed by atoms with Crippen molar-refractivity contribution in [3.63, 3.8) is 0 Å². The normalized spacial score (nSPS) is 18.1. The third kappa shape index (κ3) is 3.87. The van der Waals surface area contributed by atoms with Crippen LogP contribution in [0.4, 0.5) is 5.69 Å². The molecule has 1 saturated heterocycles. The Morgan fingerprint density at radius 1 is 1.23 bits per heavy atom. The van der Waals surface area contributed by atoms with Crippen LogP contribution in [0.2, 0.25) is 0 Å². The van der Waals surface area contributed by atoms with Gasteiger partial charge in [-0.25, -0.2) is 0 Å². The molecular formula is C21H23N3O2. The Balaban J connectivity index is 1.69. The number of nitriles is 1. The molecule has 1 fully saturated rings. The predicted octanol–water partition coefficient (Wildman–Crippen LogP) is 3.73. The van der Waals surface area contributed by atoms with Crippen molar-refractivity contribution in [2.24, 2.45) is 0 Å². The van der Waals surface area contributed by atoms with Crippen LogP contribution in [0.25, 0.3) is 0 Å². The Labute approximate surface area is 154 Å². The topological polar surface area (TPSA) is 65.4 Å². The van der Waals surface area contributed by atoms with Gasteiger partial charge in [-0.15, -0.1) is 0 Å². The lowest BCUT2D eigenvalue weighted by Gasteiger charge is -2.30. The second-order valence-corrected chi connectivity index (χ2v) is 6.52. The molecule has 0 radical (unpaired) electrons. The fraction of sp³-hybridized carbons (Fsp3) is 0.333. The number of benzene rings is 2. The minimum Gasteiger partial charge on any atom is -0.497 e. The molecule has 0 aromatic heterocycles. The Kier molecular flexibility index (Phi) is 5.55. The van der Waals surface area contributed by atoms with E-state index in [-0.39, 0.29) is 18.0 Å². The maximum absolute atomic E-state index is 12.7. The van der Waals surface area contributed by atoms with Crippen LogP contribution < -0.4 is 10.1 Å². The Morgan fingerprint density at radius 3 is 2.54 bits per heavy atom. The average molecular weight is 349 g/mol. The largest absolute Gasteiger partial charge is 0.497 e. The first-order chi connectivity index (χ1) is 12.6. The lowest BCUT2D eigenvalue weighted by atomic mass is 10.0. The highest BCUT2D eigenvalue weighted by Crippen LogP contribution is 2.34. The number of carbonyl (C=O) groups is 1. The lowest BCUT2D eigenvalue weighted by molar-refractivity contribution is -0.121. The van der Waals surface area contributed by atoms with Gasteiger partial charge in [-0.2, -0.15) is 5.26 Å². The molecule has 2 aromatic rings. The number of hydrogen-bond donors (Lipinski definition) is 1. The molecule has 5 nitrogen and oxygen atoms in total. The summed E-state index contributed by atoms with van der Waals surface area (Å²) >= 11 is 0. The summed E-state index contributed by atoms with van der Waals surface area (Å²) in [5.41, 5.74) is 2.50. The minimum absolute atomic E-state index is 0.0323. The predicted molar refractivity (Wildman–Crippen MR) is 101 cm³/mol. The maximum Gasteiger partial charge on any atom is 0.241 e. The summed E-state index contributed by atoms with van der Waals surface area (Å²) in [6.07, 6.45) is 2.12. The molecular weight excluding hydrogens is 326 g/mol. The van der Waals surface area contributed by atoms with Gasteiger partial charge in [0.2, 0.25) is 5.91 Å². The van der Waals surface area contributed by atoms with Gasteiger partial charge in [0.25, 0.3) is 0 Å². The van der Waals surface area contributed by atoms with E-state index in [4.69, 9.17) is 10.00 Å². The van der Waals surface area contributed by atoms with Crippen molar-refractivity contribution in [3.05, 3.63) is 59.7 Å². The second-order valence-electron chi connectivity index (χ2n) is 6.52. The average Bonchev–Trinajstić information content (AvgIpc) is 3.17. The van der Waals surface area contributed by atoms with Crippen molar-refractivity contribution < 1.29 is 9.53 Å². The van der Waals surface area contributed by atoms with Gasteiger partial charge in [0.15, 0.2) is 0 Å². The van der Waals surface area contributed by atoms with Gasteiger partial charge in [0.05, 0.1) is 24.8 Å². The summed E-state index contributed by atoms with van der Waals surface area (Å²) in [6, 6.07) is 17.1. The highest BCUT2D eigenvalue weighted by Gasteiger charge is 2.32. The highest BCUT2D eigenvalue weighted by atomic mass is 16.5. The van der Waals surface area contributed by atoms with Crippen molar-refractivity contribution in [2.75, 3.05) is 19.0 Å². The van der Waals surface area contributed by atoms with Crippen molar-refractivity contribution in [1.29, 1.82) is 5.26 Å². The molecule has 3 rings (SSSR count). The third-order valence-corrected chi connectivity index (χ3v) is 4.95. The molecule has 1 heterocycles. The molecule has 1 N–H and O–H groups in total. The van der Waals surface area contributed by atoms with Crippen LogP contribution >= 0.6 is 0 Å². The van der Waals surface area contributed by atoms with E-state index in [0.29, 0.717) is 11.3 Å². The Hall–Kier alpha value is -2.84. The summed E-state index contributed by atoms with van der Waals surface area (Å²) in [5, 5.41) is 11.8. The molecule has 1 aliphatic heterocycles. The van der Waals surface area contributed by atoms with Crippen molar-refractivity contribution >= 4 is 11.6 Å². The molecule has 0 aliphatic carbocycles. The van der Waals surface area contributed by atoms with E-state index in [1.54, 1.807) is 31.4 Å². The molecule has 0 saturated carbocycles. The first-order valence-corrected chi connectivity index (χ1v) is 8.83. The van der Waals surface area contributed by atoms with E-state index in [0.717, 1.165) is 25.1 Å². The van der Waals surface area contributed by atoms with Crippen molar-refractivity contribution in [2.45, 2.75) is 31.8 Å². The fourth-order valence-electron chi connectivity index (χ4n) is 3.46. The number of carbonyl (C=O) groups excluding carboxylic acids is 1. The number of ether oxygens (including phenoxy) is 1. The van der Waals surface area contributed by atoms with Crippen LogP contribution in [-0.2, 0) is 4.79 Å². The summed E-state index contributed by atoms with van der Waals surface area (Å²) in [6.45, 7) is 2.85. The SMILES string of the molecule is COc1ccc(C2CCCN2C(C)C(=O)Nc2ccc(C#N)cc2)cc1. The number of anilines is 1. The molecule has 0 spiro atoms. The zero-order valence-corrected chi connectivity index (χ0v) is 15.1. The van der Waals surface area contributed by atoms with Gasteiger partial charge in [0, 0.05) is 11.7 Å². The van der Waals surface area contributed by atoms with Crippen LogP contribution in [0.1, 0.15) is 36.9 Å². The van der Waals surface area contributed by atoms with Gasteiger partial charge in [-0.1, -0.05) is 12.1 Å². The molecule has 2 atom stereocenters. The standard InChI is InChI=1S/C21H23N3O2/c1-15(21(25)23-18-9-5-16(14-22)6-10-18)24-13-3-4-20(24)17-7-11-19(26-2)12-8-17/h5-12,15,20H,3-4,13H2,1-2H3,(H,23,25). The number of methoxy groups -OCH3 is 1. The lowest BCUT2D eigenvalue weighted by Crippen LogP contribution is -2.41. The van der Waals surface area contributed by atoms with E-state index in [2.05, 4.69) is 28.4 Å². The van der Waals surface area contributed by atoms with Gasteiger partial charge in [-0.3, -0.25) is 9.69 Å². The summed E-state index contributed by atoms with van der Waals surface area (Å²) in [7, 11) is 1.66. The number of likely N-dealkylation sites (tertiary alicyclic amines) is 1. The fourth-order valence-corrected chi connectivity index (χ4v) is 3.46. The number of nitrogens with one attached hydrogen (secondary N) is 1. The van der Waals surface area contributed by atoms with Gasteiger partial charge >= 0.3 is 0 Å². The molecule has 134 valence electrons. The van der Waals surface area contributed by atoms with E-state index >= 15 is 0 Å². The molecule has 26 heavy (non-hydrogen) atoms. The summed E-state index contributed by atoms with van der Waals surface area (Å²) in [5.74, 6) is 0.806. The number of rotatable bonds is 5. The number of nitrogens with zero attached hydrogens (tertiary/aromatic N) is 2. The molecule has 2 aromatic carbocycles. The first-order valence-electron chi connectivity index (χ1n) is 8.83. The summed E-state index contributed by atoms with van der Waals surface area (Å²) in [4.78, 5) is 14.9. The molecule has 0 bridgehead atoms. The van der Waals surface area contributed by atoms with Crippen molar-refractivity contribution in [1.82, 2.24) is 4.90 Å². The minimum atomic E-state index is -0.236. The van der Waals surface area contributed by atoms with Crippen LogP contribution in [0, 0.1) is 11.3 Å². The zero-order valence-electron chi connectivity index (χ0n) is 15.1. The van der Waals surface area contributed by atoms with E-state index in [1.807, 2.05) is 19.1 Å². The van der Waals surface area contributed by atoms with E-state index in [9.17, 15) is 4.79 Å². The number of amides is 1. The van der Waals surface area contributed by atoms with E-state index < -0.39 is 0 Å². The first kappa shape index (κ1) is 18.0. The molecule has 1 aliphatic rings. The van der Waals surface area contributed by atoms with Crippen LogP contribution in [0.15, 0.2) is 48.5 Å². The van der Waals surface area contributed by atoms with Gasteiger partial charge in [-0.05, 0) is 68.3 Å². The second kappa shape index (κ2) is 8.03. The Bertz CT molecular complexity index is 794. The quantitative estimate of drug-likeness (QED) is 0.893. The molecule has 2 unspecified atom stereocenters. The molecule has 1 amide bonds.